The van der Waals surface area contributed by atoms with Gasteiger partial charge < -0.3 is 16.4 Å². The van der Waals surface area contributed by atoms with Crippen molar-refractivity contribution in [1.29, 1.82) is 0 Å². The molecule has 32 heavy (non-hydrogen) atoms. The SMILES string of the molecule is CNC(=O)c1cc(NC(=O)c2ccc3c(c2)c(-c2ccc(N)cc2C)nn3C)ccc1C. The molecule has 3 aromatic carbocycles. The summed E-state index contributed by atoms with van der Waals surface area (Å²) in [4.78, 5) is 25.1. The molecule has 0 fully saturated rings. The van der Waals surface area contributed by atoms with Crippen LogP contribution in [0.1, 0.15) is 31.8 Å². The molecule has 1 heterocycles. The number of amides is 2. The number of aromatic nitrogens is 2. The number of hydrogen-bond donors (Lipinski definition) is 3. The Labute approximate surface area is 186 Å². The molecule has 1 aromatic heterocycles. The fourth-order valence-electron chi connectivity index (χ4n) is 3.84. The molecule has 0 bridgehead atoms. The molecule has 0 aliphatic rings. The molecule has 4 aromatic rings. The normalized spacial score (nSPS) is 10.9. The van der Waals surface area contributed by atoms with Crippen LogP contribution >= 0.6 is 0 Å². The number of fused-ring (bicyclic) bond motifs is 1. The van der Waals surface area contributed by atoms with Gasteiger partial charge in [-0.25, -0.2) is 0 Å². The molecule has 7 nitrogen and oxygen atoms in total. The van der Waals surface area contributed by atoms with E-state index in [1.165, 1.54) is 0 Å². The van der Waals surface area contributed by atoms with Crippen LogP contribution in [0.25, 0.3) is 22.2 Å². The second kappa shape index (κ2) is 8.19. The summed E-state index contributed by atoms with van der Waals surface area (Å²) in [7, 11) is 3.46. The molecule has 0 aliphatic carbocycles. The summed E-state index contributed by atoms with van der Waals surface area (Å²) >= 11 is 0. The minimum absolute atomic E-state index is 0.195. The first-order valence-corrected chi connectivity index (χ1v) is 10.3. The van der Waals surface area contributed by atoms with E-state index < -0.39 is 0 Å². The predicted octanol–water partition coefficient (Wildman–Crippen LogP) is 4.05. The Hall–Kier alpha value is -4.13. The highest BCUT2D eigenvalue weighted by Gasteiger charge is 2.16. The van der Waals surface area contributed by atoms with Gasteiger partial charge in [-0.15, -0.1) is 0 Å². The summed E-state index contributed by atoms with van der Waals surface area (Å²) < 4.78 is 1.80. The zero-order chi connectivity index (χ0) is 23.0. The molecule has 0 saturated carbocycles. The number of carbonyl (C=O) groups is 2. The Morgan fingerprint density at radius 2 is 1.72 bits per heavy atom. The Morgan fingerprint density at radius 3 is 2.44 bits per heavy atom. The average molecular weight is 428 g/mol. The zero-order valence-electron chi connectivity index (χ0n) is 18.5. The fourth-order valence-corrected chi connectivity index (χ4v) is 3.84. The molecule has 2 amide bonds. The van der Waals surface area contributed by atoms with Crippen LogP contribution < -0.4 is 16.4 Å². The number of nitrogens with zero attached hydrogens (tertiary/aromatic N) is 2. The largest absolute Gasteiger partial charge is 0.399 e. The molecular weight excluding hydrogens is 402 g/mol. The lowest BCUT2D eigenvalue weighted by atomic mass is 10.0. The number of nitrogens with one attached hydrogen (secondary N) is 2. The topological polar surface area (TPSA) is 102 Å². The summed E-state index contributed by atoms with van der Waals surface area (Å²) in [5, 5.41) is 11.1. The van der Waals surface area contributed by atoms with Crippen molar-refractivity contribution in [2.45, 2.75) is 13.8 Å². The van der Waals surface area contributed by atoms with Crippen molar-refractivity contribution in [3.8, 4) is 11.3 Å². The van der Waals surface area contributed by atoms with Crippen molar-refractivity contribution in [3.63, 3.8) is 0 Å². The van der Waals surface area contributed by atoms with Gasteiger partial charge in [0.2, 0.25) is 0 Å². The first kappa shape index (κ1) is 21.1. The minimum Gasteiger partial charge on any atom is -0.399 e. The fraction of sp³-hybridized carbons (Fsp3) is 0.160. The van der Waals surface area contributed by atoms with Gasteiger partial charge in [0.1, 0.15) is 5.69 Å². The lowest BCUT2D eigenvalue weighted by molar-refractivity contribution is 0.0961. The highest BCUT2D eigenvalue weighted by Crippen LogP contribution is 2.31. The standard InChI is InChI=1S/C25H25N5O2/c1-14-5-8-18(13-20(14)25(32)27-3)28-24(31)16-6-10-22-21(12-16)23(29-30(22)4)19-9-7-17(26)11-15(19)2/h5-13H,26H2,1-4H3,(H,27,32)(H,28,31). The number of hydrogen-bond acceptors (Lipinski definition) is 4. The summed E-state index contributed by atoms with van der Waals surface area (Å²) in [5.41, 5.74) is 12.7. The van der Waals surface area contributed by atoms with Gasteiger partial charge in [0.15, 0.2) is 0 Å². The summed E-state index contributed by atoms with van der Waals surface area (Å²) in [5.74, 6) is -0.457. The Bertz CT molecular complexity index is 1370. The molecule has 0 aliphatic heterocycles. The van der Waals surface area contributed by atoms with Crippen LogP contribution in [0.5, 0.6) is 0 Å². The number of nitrogens with two attached hydrogens (primary N) is 1. The number of benzene rings is 3. The second-order valence-corrected chi connectivity index (χ2v) is 7.84. The summed E-state index contributed by atoms with van der Waals surface area (Å²) in [6, 6.07) is 16.5. The second-order valence-electron chi connectivity index (χ2n) is 7.84. The van der Waals surface area contributed by atoms with Gasteiger partial charge in [0, 0.05) is 47.5 Å². The van der Waals surface area contributed by atoms with E-state index in [-0.39, 0.29) is 11.8 Å². The average Bonchev–Trinajstić information content (AvgIpc) is 3.10. The number of nitrogen functional groups attached to an aromatic ring is 1. The molecule has 4 N–H and O–H groups in total. The van der Waals surface area contributed by atoms with Crippen LogP contribution in [0.3, 0.4) is 0 Å². The molecule has 0 spiro atoms. The molecule has 0 radical (unpaired) electrons. The minimum atomic E-state index is -0.262. The van der Waals surface area contributed by atoms with E-state index in [9.17, 15) is 9.59 Å². The third-order valence-corrected chi connectivity index (χ3v) is 5.59. The Kier molecular flexibility index (Phi) is 5.40. The van der Waals surface area contributed by atoms with E-state index in [4.69, 9.17) is 5.73 Å². The van der Waals surface area contributed by atoms with Gasteiger partial charge in [0.05, 0.1) is 5.52 Å². The lowest BCUT2D eigenvalue weighted by Crippen LogP contribution is -2.19. The van der Waals surface area contributed by atoms with Crippen LogP contribution in [0, 0.1) is 13.8 Å². The maximum atomic E-state index is 13.0. The number of aryl methyl sites for hydroxylation is 3. The molecule has 0 unspecified atom stereocenters. The Morgan fingerprint density at radius 1 is 0.938 bits per heavy atom. The Balaban J connectivity index is 1.71. The predicted molar refractivity (Wildman–Crippen MR) is 128 cm³/mol. The van der Waals surface area contributed by atoms with Gasteiger partial charge >= 0.3 is 0 Å². The number of rotatable bonds is 4. The van der Waals surface area contributed by atoms with Crippen molar-refractivity contribution < 1.29 is 9.59 Å². The van der Waals surface area contributed by atoms with Crippen LogP contribution in [-0.4, -0.2) is 28.6 Å². The van der Waals surface area contributed by atoms with Crippen LogP contribution in [0.4, 0.5) is 11.4 Å². The summed E-state index contributed by atoms with van der Waals surface area (Å²) in [6.45, 7) is 3.84. The van der Waals surface area contributed by atoms with Crippen molar-refractivity contribution in [1.82, 2.24) is 15.1 Å². The first-order valence-electron chi connectivity index (χ1n) is 10.3. The third-order valence-electron chi connectivity index (χ3n) is 5.59. The van der Waals surface area contributed by atoms with E-state index >= 15 is 0 Å². The van der Waals surface area contributed by atoms with Gasteiger partial charge in [-0.1, -0.05) is 12.1 Å². The van der Waals surface area contributed by atoms with E-state index in [1.54, 1.807) is 29.9 Å². The molecular formula is C25H25N5O2. The quantitative estimate of drug-likeness (QED) is 0.428. The maximum Gasteiger partial charge on any atom is 0.255 e. The molecule has 0 saturated heterocycles. The van der Waals surface area contributed by atoms with E-state index in [1.807, 2.05) is 57.3 Å². The van der Waals surface area contributed by atoms with Crippen LogP contribution in [0.2, 0.25) is 0 Å². The molecule has 162 valence electrons. The maximum absolute atomic E-state index is 13.0. The van der Waals surface area contributed by atoms with Crippen molar-refractivity contribution in [2.24, 2.45) is 7.05 Å². The third kappa shape index (κ3) is 3.80. The van der Waals surface area contributed by atoms with Gasteiger partial charge in [-0.2, -0.15) is 5.10 Å². The zero-order valence-corrected chi connectivity index (χ0v) is 18.5. The molecule has 4 rings (SSSR count). The van der Waals surface area contributed by atoms with Gasteiger partial charge in [-0.05, 0) is 67.4 Å². The van der Waals surface area contributed by atoms with Crippen LogP contribution in [-0.2, 0) is 7.05 Å². The highest BCUT2D eigenvalue weighted by atomic mass is 16.2. The van der Waals surface area contributed by atoms with E-state index in [0.29, 0.717) is 22.5 Å². The van der Waals surface area contributed by atoms with E-state index in [0.717, 1.165) is 33.3 Å². The van der Waals surface area contributed by atoms with Crippen molar-refractivity contribution >= 4 is 34.1 Å². The number of carbonyl (C=O) groups excluding carboxylic acids is 2. The van der Waals surface area contributed by atoms with Gasteiger partial charge in [-0.3, -0.25) is 14.3 Å². The monoisotopic (exact) mass is 427 g/mol. The van der Waals surface area contributed by atoms with E-state index in [2.05, 4.69) is 15.7 Å². The summed E-state index contributed by atoms with van der Waals surface area (Å²) in [6.07, 6.45) is 0. The van der Waals surface area contributed by atoms with Crippen molar-refractivity contribution in [2.75, 3.05) is 18.1 Å². The number of anilines is 2. The smallest absolute Gasteiger partial charge is 0.255 e. The molecule has 7 heteroatoms. The first-order chi connectivity index (χ1) is 15.3. The van der Waals surface area contributed by atoms with Crippen LogP contribution in [0.15, 0.2) is 54.6 Å². The lowest BCUT2D eigenvalue weighted by Gasteiger charge is -2.10. The molecule has 0 atom stereocenters. The van der Waals surface area contributed by atoms with Gasteiger partial charge in [0.25, 0.3) is 11.8 Å². The van der Waals surface area contributed by atoms with Crippen molar-refractivity contribution in [3.05, 3.63) is 76.9 Å². The highest BCUT2D eigenvalue weighted by molar-refractivity contribution is 6.08.